The van der Waals surface area contributed by atoms with E-state index in [1.54, 1.807) is 36.4 Å². The summed E-state index contributed by atoms with van der Waals surface area (Å²) in [4.78, 5) is 36.3. The highest BCUT2D eigenvalue weighted by atomic mass is 35.5. The Hall–Kier alpha value is -4.37. The third-order valence-corrected chi connectivity index (χ3v) is 5.12. The molecule has 9 nitrogen and oxygen atoms in total. The van der Waals surface area contributed by atoms with Gasteiger partial charge in [0.2, 0.25) is 0 Å². The molecule has 0 bridgehead atoms. The number of nitrogens with zero attached hydrogens (tertiary/aromatic N) is 1. The van der Waals surface area contributed by atoms with Crippen molar-refractivity contribution in [1.82, 2.24) is 5.43 Å². The van der Waals surface area contributed by atoms with Crippen LogP contribution >= 0.6 is 11.6 Å². The lowest BCUT2D eigenvalue weighted by atomic mass is 10.1. The fourth-order valence-electron chi connectivity index (χ4n) is 3.05. The number of carbonyl (C=O) groups is 3. The first-order valence-corrected chi connectivity index (χ1v) is 11.2. The van der Waals surface area contributed by atoms with Gasteiger partial charge in [-0.1, -0.05) is 29.8 Å². The summed E-state index contributed by atoms with van der Waals surface area (Å²) in [6.45, 7) is 3.64. The van der Waals surface area contributed by atoms with Crippen LogP contribution in [-0.4, -0.2) is 37.7 Å². The molecule has 0 unspecified atom stereocenters. The molecule has 3 amide bonds. The van der Waals surface area contributed by atoms with Crippen LogP contribution in [0.4, 0.5) is 11.4 Å². The van der Waals surface area contributed by atoms with E-state index in [2.05, 4.69) is 21.2 Å². The van der Waals surface area contributed by atoms with E-state index in [1.807, 2.05) is 32.0 Å². The molecule has 0 fully saturated rings. The minimum atomic E-state index is -0.951. The van der Waals surface area contributed by atoms with Gasteiger partial charge in [0.05, 0.1) is 13.3 Å². The zero-order valence-electron chi connectivity index (χ0n) is 19.9. The van der Waals surface area contributed by atoms with Gasteiger partial charge in [-0.25, -0.2) is 5.43 Å². The maximum Gasteiger partial charge on any atom is 0.329 e. The lowest BCUT2D eigenvalue weighted by Crippen LogP contribution is -2.32. The summed E-state index contributed by atoms with van der Waals surface area (Å²) in [6.07, 6.45) is 1.34. The number of hydrogen-bond acceptors (Lipinski definition) is 6. The van der Waals surface area contributed by atoms with Gasteiger partial charge in [0.15, 0.2) is 18.1 Å². The molecule has 0 aromatic heterocycles. The first-order valence-electron chi connectivity index (χ1n) is 10.8. The van der Waals surface area contributed by atoms with E-state index >= 15 is 0 Å². The van der Waals surface area contributed by atoms with Crippen molar-refractivity contribution in [3.8, 4) is 11.5 Å². The standard InChI is InChI=1S/C26H25ClN4O5/c1-16-7-8-17(2)21(11-16)30-24(32)15-36-22-10-9-18(12-23(22)35-3)14-28-31-26(34)25(33)29-20-6-4-5-19(27)13-20/h4-14H,15H2,1-3H3,(H,29,33)(H,30,32)(H,31,34)/b28-14-. The second-order valence-corrected chi connectivity index (χ2v) is 8.17. The van der Waals surface area contributed by atoms with Crippen molar-refractivity contribution in [2.45, 2.75) is 13.8 Å². The molecule has 0 saturated heterocycles. The maximum atomic E-state index is 12.3. The smallest absolute Gasteiger partial charge is 0.329 e. The van der Waals surface area contributed by atoms with Crippen molar-refractivity contribution in [1.29, 1.82) is 0 Å². The van der Waals surface area contributed by atoms with Gasteiger partial charge in [0, 0.05) is 16.4 Å². The molecule has 3 aromatic carbocycles. The average Bonchev–Trinajstić information content (AvgIpc) is 2.85. The molecule has 186 valence electrons. The van der Waals surface area contributed by atoms with Crippen molar-refractivity contribution in [3.63, 3.8) is 0 Å². The molecule has 0 radical (unpaired) electrons. The van der Waals surface area contributed by atoms with Crippen molar-refractivity contribution in [3.05, 3.63) is 82.4 Å². The van der Waals surface area contributed by atoms with Gasteiger partial charge in [0.25, 0.3) is 5.91 Å². The maximum absolute atomic E-state index is 12.3. The Morgan fingerprint density at radius 3 is 2.50 bits per heavy atom. The van der Waals surface area contributed by atoms with E-state index in [0.717, 1.165) is 16.8 Å². The Morgan fingerprint density at radius 2 is 1.75 bits per heavy atom. The number of nitrogens with one attached hydrogen (secondary N) is 3. The number of rotatable bonds is 8. The second kappa shape index (κ2) is 12.4. The van der Waals surface area contributed by atoms with Crippen LogP contribution in [0.5, 0.6) is 11.5 Å². The quantitative estimate of drug-likeness (QED) is 0.241. The van der Waals surface area contributed by atoms with E-state index in [1.165, 1.54) is 19.4 Å². The molecule has 0 aliphatic rings. The van der Waals surface area contributed by atoms with Crippen molar-refractivity contribution < 1.29 is 23.9 Å². The van der Waals surface area contributed by atoms with Crippen molar-refractivity contribution in [2.75, 3.05) is 24.4 Å². The van der Waals surface area contributed by atoms with Gasteiger partial charge in [-0.05, 0) is 73.0 Å². The van der Waals surface area contributed by atoms with E-state index in [-0.39, 0.29) is 12.5 Å². The average molecular weight is 509 g/mol. The van der Waals surface area contributed by atoms with Crippen LogP contribution in [0.25, 0.3) is 0 Å². The molecule has 3 rings (SSSR count). The molecule has 10 heteroatoms. The topological polar surface area (TPSA) is 118 Å². The zero-order chi connectivity index (χ0) is 26.1. The minimum absolute atomic E-state index is 0.213. The number of hydrazone groups is 1. The van der Waals surface area contributed by atoms with Gasteiger partial charge in [0.1, 0.15) is 0 Å². The minimum Gasteiger partial charge on any atom is -0.493 e. The fraction of sp³-hybridized carbons (Fsp3) is 0.154. The van der Waals surface area contributed by atoms with Gasteiger partial charge >= 0.3 is 11.8 Å². The molecule has 3 N–H and O–H groups in total. The first-order chi connectivity index (χ1) is 17.2. The summed E-state index contributed by atoms with van der Waals surface area (Å²) in [5, 5.41) is 9.47. The summed E-state index contributed by atoms with van der Waals surface area (Å²) in [6, 6.07) is 17.1. The third-order valence-electron chi connectivity index (χ3n) is 4.88. The summed E-state index contributed by atoms with van der Waals surface area (Å²) >= 11 is 5.86. The zero-order valence-corrected chi connectivity index (χ0v) is 20.7. The number of methoxy groups -OCH3 is 1. The normalized spacial score (nSPS) is 10.6. The van der Waals surface area contributed by atoms with E-state index < -0.39 is 11.8 Å². The second-order valence-electron chi connectivity index (χ2n) is 7.73. The number of carbonyl (C=O) groups excluding carboxylic acids is 3. The number of ether oxygens (including phenoxy) is 2. The van der Waals surface area contributed by atoms with Gasteiger partial charge in [-0.3, -0.25) is 14.4 Å². The van der Waals surface area contributed by atoms with Crippen molar-refractivity contribution >= 4 is 46.9 Å². The molecule has 0 heterocycles. The Labute approximate surface area is 213 Å². The Bertz CT molecular complexity index is 1310. The number of benzene rings is 3. The fourth-order valence-corrected chi connectivity index (χ4v) is 3.24. The van der Waals surface area contributed by atoms with E-state index in [4.69, 9.17) is 21.1 Å². The summed E-state index contributed by atoms with van der Waals surface area (Å²) in [5.74, 6) is -1.43. The number of amides is 3. The molecule has 0 aliphatic carbocycles. The Balaban J connectivity index is 1.54. The summed E-state index contributed by atoms with van der Waals surface area (Å²) in [7, 11) is 1.46. The third kappa shape index (κ3) is 7.57. The molecular weight excluding hydrogens is 484 g/mol. The highest BCUT2D eigenvalue weighted by Gasteiger charge is 2.13. The Kier molecular flexibility index (Phi) is 9.01. The molecule has 36 heavy (non-hydrogen) atoms. The van der Waals surface area contributed by atoms with Crippen LogP contribution < -0.4 is 25.5 Å². The largest absolute Gasteiger partial charge is 0.493 e. The highest BCUT2D eigenvalue weighted by molar-refractivity contribution is 6.39. The molecule has 0 atom stereocenters. The van der Waals surface area contributed by atoms with Crippen LogP contribution in [0.2, 0.25) is 5.02 Å². The van der Waals surface area contributed by atoms with Crippen LogP contribution in [0.3, 0.4) is 0 Å². The van der Waals surface area contributed by atoms with E-state index in [9.17, 15) is 14.4 Å². The number of aryl methyl sites for hydroxylation is 2. The molecular formula is C26H25ClN4O5. The number of halogens is 1. The molecule has 0 saturated carbocycles. The van der Waals surface area contributed by atoms with Gasteiger partial charge in [-0.15, -0.1) is 0 Å². The van der Waals surface area contributed by atoms with Gasteiger partial charge < -0.3 is 20.1 Å². The molecule has 0 spiro atoms. The van der Waals surface area contributed by atoms with Crippen LogP contribution in [-0.2, 0) is 14.4 Å². The first kappa shape index (κ1) is 26.2. The molecule has 3 aromatic rings. The van der Waals surface area contributed by atoms with Gasteiger partial charge in [-0.2, -0.15) is 5.10 Å². The number of hydrogen-bond donors (Lipinski definition) is 3. The summed E-state index contributed by atoms with van der Waals surface area (Å²) < 4.78 is 10.9. The molecule has 0 aliphatic heterocycles. The van der Waals surface area contributed by atoms with Crippen molar-refractivity contribution in [2.24, 2.45) is 5.10 Å². The van der Waals surface area contributed by atoms with E-state index in [0.29, 0.717) is 27.8 Å². The van der Waals surface area contributed by atoms with Crippen LogP contribution in [0.1, 0.15) is 16.7 Å². The summed E-state index contributed by atoms with van der Waals surface area (Å²) in [5.41, 5.74) is 5.81. The predicted molar refractivity (Wildman–Crippen MR) is 139 cm³/mol. The van der Waals surface area contributed by atoms with Crippen LogP contribution in [0.15, 0.2) is 65.8 Å². The number of anilines is 2. The highest BCUT2D eigenvalue weighted by Crippen LogP contribution is 2.27. The Morgan fingerprint density at radius 1 is 0.944 bits per heavy atom. The lowest BCUT2D eigenvalue weighted by Gasteiger charge is -2.12. The lowest BCUT2D eigenvalue weighted by molar-refractivity contribution is -0.136. The SMILES string of the molecule is COc1cc(/C=N\NC(=O)C(=O)Nc2cccc(Cl)c2)ccc1OCC(=O)Nc1cc(C)ccc1C. The monoisotopic (exact) mass is 508 g/mol. The predicted octanol–water partition coefficient (Wildman–Crippen LogP) is 4.07. The van der Waals surface area contributed by atoms with Crippen LogP contribution in [0, 0.1) is 13.8 Å².